The second-order valence-electron chi connectivity index (χ2n) is 16.1. The SMILES string of the molecule is CC1(C)c2ccccc2-c2ccc(N(c3ccc(-c4ccccc4)cc3)c3ccc(-c4ccc5c(c4)C(C)(C)c4ccc6c(c4-5)C=CCC6)cc3)cc21. The van der Waals surface area contributed by atoms with Crippen molar-refractivity contribution in [3.05, 3.63) is 191 Å². The predicted molar refractivity (Wildman–Crippen MR) is 224 cm³/mol. The zero-order valence-corrected chi connectivity index (χ0v) is 30.9. The molecule has 0 N–H and O–H groups in total. The molecule has 0 amide bonds. The van der Waals surface area contributed by atoms with E-state index < -0.39 is 0 Å². The Balaban J connectivity index is 1.05. The number of hydrogen-bond donors (Lipinski definition) is 0. The highest BCUT2D eigenvalue weighted by atomic mass is 15.1. The number of hydrogen-bond acceptors (Lipinski definition) is 1. The summed E-state index contributed by atoms with van der Waals surface area (Å²) in [6, 6.07) is 56.7. The Morgan fingerprint density at radius 3 is 1.75 bits per heavy atom. The van der Waals surface area contributed by atoms with Crippen LogP contribution in [-0.4, -0.2) is 0 Å². The lowest BCUT2D eigenvalue weighted by Crippen LogP contribution is -2.16. The van der Waals surface area contributed by atoms with Crippen molar-refractivity contribution < 1.29 is 0 Å². The average molecular weight is 682 g/mol. The Labute approximate surface area is 313 Å². The smallest absolute Gasteiger partial charge is 0.0465 e. The van der Waals surface area contributed by atoms with Crippen LogP contribution < -0.4 is 4.90 Å². The molecule has 0 bridgehead atoms. The number of allylic oxidation sites excluding steroid dienone is 1. The fourth-order valence-electron chi connectivity index (χ4n) is 9.44. The minimum atomic E-state index is -0.0782. The molecule has 0 atom stereocenters. The second kappa shape index (κ2) is 11.8. The van der Waals surface area contributed by atoms with E-state index >= 15 is 0 Å². The molecule has 0 saturated carbocycles. The first-order valence-corrected chi connectivity index (χ1v) is 19.1. The van der Waals surface area contributed by atoms with Crippen molar-refractivity contribution >= 4 is 23.1 Å². The summed E-state index contributed by atoms with van der Waals surface area (Å²) < 4.78 is 0. The lowest BCUT2D eigenvalue weighted by atomic mass is 9.80. The summed E-state index contributed by atoms with van der Waals surface area (Å²) in [5.74, 6) is 0. The van der Waals surface area contributed by atoms with E-state index in [2.05, 4.69) is 196 Å². The van der Waals surface area contributed by atoms with E-state index in [1.54, 1.807) is 0 Å². The molecule has 0 aliphatic heterocycles. The van der Waals surface area contributed by atoms with Gasteiger partial charge in [-0.15, -0.1) is 0 Å². The molecule has 0 spiro atoms. The zero-order chi connectivity index (χ0) is 35.9. The molecule has 7 aromatic rings. The van der Waals surface area contributed by atoms with Crippen molar-refractivity contribution in [1.82, 2.24) is 0 Å². The van der Waals surface area contributed by atoms with Gasteiger partial charge >= 0.3 is 0 Å². The monoisotopic (exact) mass is 681 g/mol. The molecule has 0 fully saturated rings. The van der Waals surface area contributed by atoms with Crippen molar-refractivity contribution in [2.45, 2.75) is 51.4 Å². The Kier molecular flexibility index (Phi) is 7.08. The third-order valence-corrected chi connectivity index (χ3v) is 12.4. The molecule has 3 aliphatic carbocycles. The molecule has 0 heterocycles. The van der Waals surface area contributed by atoms with Gasteiger partial charge in [-0.25, -0.2) is 0 Å². The van der Waals surface area contributed by atoms with Gasteiger partial charge in [-0.05, 0) is 133 Å². The lowest BCUT2D eigenvalue weighted by Gasteiger charge is -2.28. The van der Waals surface area contributed by atoms with Gasteiger partial charge in [0, 0.05) is 27.9 Å². The Morgan fingerprint density at radius 1 is 0.434 bits per heavy atom. The topological polar surface area (TPSA) is 3.24 Å². The van der Waals surface area contributed by atoms with E-state index in [4.69, 9.17) is 0 Å². The van der Waals surface area contributed by atoms with Crippen molar-refractivity contribution in [2.75, 3.05) is 4.90 Å². The number of aryl methyl sites for hydroxylation is 1. The Hall–Kier alpha value is -5.92. The third kappa shape index (κ3) is 4.91. The molecule has 1 nitrogen and oxygen atoms in total. The molecular weight excluding hydrogens is 639 g/mol. The number of benzene rings is 7. The van der Waals surface area contributed by atoms with Crippen LogP contribution in [0.2, 0.25) is 0 Å². The number of anilines is 3. The van der Waals surface area contributed by atoms with E-state index in [0.29, 0.717) is 0 Å². The quantitative estimate of drug-likeness (QED) is 0.175. The van der Waals surface area contributed by atoms with E-state index in [0.717, 1.165) is 24.2 Å². The molecule has 0 aromatic heterocycles. The summed E-state index contributed by atoms with van der Waals surface area (Å²) in [5.41, 5.74) is 22.3. The maximum Gasteiger partial charge on any atom is 0.0465 e. The maximum atomic E-state index is 2.45. The number of fused-ring (bicyclic) bond motifs is 8. The summed E-state index contributed by atoms with van der Waals surface area (Å²) in [7, 11) is 0. The highest BCUT2D eigenvalue weighted by molar-refractivity contribution is 5.91. The molecule has 10 rings (SSSR count). The molecule has 53 heavy (non-hydrogen) atoms. The van der Waals surface area contributed by atoms with Crippen molar-refractivity contribution in [2.24, 2.45) is 0 Å². The van der Waals surface area contributed by atoms with Crippen LogP contribution in [0.15, 0.2) is 158 Å². The van der Waals surface area contributed by atoms with Crippen molar-refractivity contribution in [3.8, 4) is 44.5 Å². The second-order valence-corrected chi connectivity index (χ2v) is 16.1. The molecule has 3 aliphatic rings. The highest BCUT2D eigenvalue weighted by Crippen LogP contribution is 2.53. The maximum absolute atomic E-state index is 2.45. The standard InChI is InChI=1S/C52H43N/c1-51(2)46-17-11-10-16-43(46)44-30-28-41(33-49(44)51)53(39-24-18-35(19-25-39)34-12-6-5-7-13-34)40-26-20-36(21-27-40)38-22-29-45-48(32-38)52(3,4)47-31-23-37-14-8-9-15-42(37)50(45)47/h5-7,9-13,15-33H,8,14H2,1-4H3. The predicted octanol–water partition coefficient (Wildman–Crippen LogP) is 14.1. The van der Waals surface area contributed by atoms with Crippen LogP contribution in [-0.2, 0) is 17.3 Å². The van der Waals surface area contributed by atoms with Crippen molar-refractivity contribution in [1.29, 1.82) is 0 Å². The normalized spacial score (nSPS) is 15.2. The van der Waals surface area contributed by atoms with Crippen LogP contribution >= 0.6 is 0 Å². The minimum absolute atomic E-state index is 0.0509. The van der Waals surface area contributed by atoms with Crippen LogP contribution in [0, 0.1) is 0 Å². The summed E-state index contributed by atoms with van der Waals surface area (Å²) in [6.45, 7) is 9.50. The van der Waals surface area contributed by atoms with E-state index in [1.165, 1.54) is 83.6 Å². The van der Waals surface area contributed by atoms with Crippen LogP contribution in [0.1, 0.15) is 67.5 Å². The Bertz CT molecular complexity index is 2580. The molecule has 256 valence electrons. The van der Waals surface area contributed by atoms with Gasteiger partial charge in [0.05, 0.1) is 0 Å². The van der Waals surface area contributed by atoms with Gasteiger partial charge in [0.2, 0.25) is 0 Å². The van der Waals surface area contributed by atoms with Crippen molar-refractivity contribution in [3.63, 3.8) is 0 Å². The average Bonchev–Trinajstić information content (AvgIpc) is 3.58. The van der Waals surface area contributed by atoms with Gasteiger partial charge in [-0.2, -0.15) is 0 Å². The minimum Gasteiger partial charge on any atom is -0.310 e. The molecular formula is C52H43N. The number of nitrogens with zero attached hydrogens (tertiary/aromatic N) is 1. The summed E-state index contributed by atoms with van der Waals surface area (Å²) >= 11 is 0. The molecule has 7 aromatic carbocycles. The lowest BCUT2D eigenvalue weighted by molar-refractivity contribution is 0.660. The number of rotatable bonds is 5. The largest absolute Gasteiger partial charge is 0.310 e. The first-order valence-electron chi connectivity index (χ1n) is 19.1. The zero-order valence-electron chi connectivity index (χ0n) is 30.9. The first kappa shape index (κ1) is 31.8. The van der Waals surface area contributed by atoms with E-state index in [9.17, 15) is 0 Å². The Morgan fingerprint density at radius 2 is 1.00 bits per heavy atom. The van der Waals surface area contributed by atoms with Gasteiger partial charge in [0.1, 0.15) is 0 Å². The summed E-state index contributed by atoms with van der Waals surface area (Å²) in [5, 5.41) is 0. The molecule has 1 heteroatoms. The first-order chi connectivity index (χ1) is 25.8. The van der Waals surface area contributed by atoms with Gasteiger partial charge < -0.3 is 4.90 Å². The van der Waals surface area contributed by atoms with Crippen LogP contribution in [0.3, 0.4) is 0 Å². The highest BCUT2D eigenvalue weighted by Gasteiger charge is 2.38. The summed E-state index contributed by atoms with van der Waals surface area (Å²) in [6.07, 6.45) is 6.96. The van der Waals surface area contributed by atoms with Crippen LogP contribution in [0.25, 0.3) is 50.6 Å². The van der Waals surface area contributed by atoms with E-state index in [1.807, 2.05) is 0 Å². The van der Waals surface area contributed by atoms with Gasteiger partial charge in [-0.1, -0.05) is 149 Å². The third-order valence-electron chi connectivity index (χ3n) is 12.4. The van der Waals surface area contributed by atoms with Gasteiger partial charge in [-0.3, -0.25) is 0 Å². The fourth-order valence-corrected chi connectivity index (χ4v) is 9.44. The van der Waals surface area contributed by atoms with E-state index in [-0.39, 0.29) is 10.8 Å². The molecule has 0 unspecified atom stereocenters. The molecule has 0 radical (unpaired) electrons. The summed E-state index contributed by atoms with van der Waals surface area (Å²) in [4.78, 5) is 2.41. The van der Waals surface area contributed by atoms with Crippen LogP contribution in [0.5, 0.6) is 0 Å². The van der Waals surface area contributed by atoms with Gasteiger partial charge in [0.15, 0.2) is 0 Å². The van der Waals surface area contributed by atoms with Crippen LogP contribution in [0.4, 0.5) is 17.1 Å². The van der Waals surface area contributed by atoms with Gasteiger partial charge in [0.25, 0.3) is 0 Å². The molecule has 0 saturated heterocycles. The fraction of sp³-hybridized carbons (Fsp3) is 0.154.